The van der Waals surface area contributed by atoms with Crippen LogP contribution in [0.15, 0.2) is 11.4 Å². The van der Waals surface area contributed by atoms with Crippen LogP contribution in [0.1, 0.15) is 5.82 Å². The molecule has 2 N–H and O–H groups in total. The Kier molecular flexibility index (Phi) is 1.77. The second kappa shape index (κ2) is 3.01. The molecule has 0 aromatic carbocycles. The first-order chi connectivity index (χ1) is 7.25. The van der Waals surface area contributed by atoms with E-state index in [-0.39, 0.29) is 0 Å². The van der Waals surface area contributed by atoms with Gasteiger partial charge in [-0.25, -0.2) is 0 Å². The molecule has 0 radical (unpaired) electrons. The van der Waals surface area contributed by atoms with Crippen molar-refractivity contribution < 1.29 is 0 Å². The summed E-state index contributed by atoms with van der Waals surface area (Å²) in [6.45, 7) is 1.88. The lowest BCUT2D eigenvalue weighted by atomic mass is 10.3. The Morgan fingerprint density at radius 1 is 1.40 bits per heavy atom. The summed E-state index contributed by atoms with van der Waals surface area (Å²) in [5.41, 5.74) is 6.82. The molecule has 5 nitrogen and oxygen atoms in total. The zero-order valence-corrected chi connectivity index (χ0v) is 9.47. The van der Waals surface area contributed by atoms with E-state index in [1.807, 2.05) is 18.4 Å². The minimum absolute atomic E-state index is 0.789. The molecule has 0 saturated heterocycles. The van der Waals surface area contributed by atoms with Crippen LogP contribution in [-0.2, 0) is 0 Å². The minimum atomic E-state index is 0.789. The molecule has 0 saturated carbocycles. The second-order valence-corrected chi connectivity index (χ2v) is 4.95. The normalized spacial score (nSPS) is 11.3. The molecule has 7 heteroatoms. The lowest BCUT2D eigenvalue weighted by molar-refractivity contribution is 0.898. The molecular weight excluding hydrogens is 230 g/mol. The first-order valence-electron chi connectivity index (χ1n) is 4.28. The van der Waals surface area contributed by atoms with Crippen LogP contribution in [0.5, 0.6) is 0 Å². The number of thiophene rings is 1. The highest BCUT2D eigenvalue weighted by Crippen LogP contribution is 2.33. The number of nitrogen functional groups attached to an aromatic ring is 1. The Bertz CT molecular complexity index is 620. The second-order valence-electron chi connectivity index (χ2n) is 3.05. The van der Waals surface area contributed by atoms with Crippen LogP contribution in [0.25, 0.3) is 15.5 Å². The Hall–Kier alpha value is -1.47. The molecular formula is C8H7N5S2. The van der Waals surface area contributed by atoms with E-state index < -0.39 is 0 Å². The highest BCUT2D eigenvalue weighted by molar-refractivity contribution is 7.20. The van der Waals surface area contributed by atoms with Gasteiger partial charge in [-0.3, -0.25) is 0 Å². The summed E-state index contributed by atoms with van der Waals surface area (Å²) in [4.78, 5) is 0.799. The minimum Gasteiger partial charge on any atom is -0.390 e. The van der Waals surface area contributed by atoms with Crippen molar-refractivity contribution in [3.05, 3.63) is 17.3 Å². The number of nitrogens with zero attached hydrogens (tertiary/aromatic N) is 4. The van der Waals surface area contributed by atoms with Gasteiger partial charge in [0.1, 0.15) is 0 Å². The Balaban J connectivity index is 2.24. The maximum atomic E-state index is 5.84. The van der Waals surface area contributed by atoms with Gasteiger partial charge in [0.05, 0.1) is 5.00 Å². The maximum absolute atomic E-state index is 5.84. The molecule has 0 bridgehead atoms. The fourth-order valence-corrected chi connectivity index (χ4v) is 2.95. The van der Waals surface area contributed by atoms with Gasteiger partial charge in [0.25, 0.3) is 0 Å². The summed E-state index contributed by atoms with van der Waals surface area (Å²) in [6, 6.07) is 1.97. The van der Waals surface area contributed by atoms with Crippen LogP contribution >= 0.6 is 22.7 Å². The van der Waals surface area contributed by atoms with Gasteiger partial charge in [-0.05, 0) is 18.4 Å². The predicted molar refractivity (Wildman–Crippen MR) is 61.1 cm³/mol. The van der Waals surface area contributed by atoms with Crippen molar-refractivity contribution in [2.24, 2.45) is 0 Å². The number of hydrogen-bond donors (Lipinski definition) is 1. The summed E-state index contributed by atoms with van der Waals surface area (Å²) < 4.78 is 1.73. The number of anilines is 1. The van der Waals surface area contributed by atoms with Gasteiger partial charge in [0.2, 0.25) is 4.96 Å². The van der Waals surface area contributed by atoms with Gasteiger partial charge in [-0.2, -0.15) is 9.61 Å². The lowest BCUT2D eigenvalue weighted by Crippen LogP contribution is -1.89. The van der Waals surface area contributed by atoms with Crippen LogP contribution in [-0.4, -0.2) is 19.8 Å². The number of fused-ring (bicyclic) bond motifs is 1. The molecule has 0 atom stereocenters. The summed E-state index contributed by atoms with van der Waals surface area (Å²) in [6.07, 6.45) is 0. The van der Waals surface area contributed by atoms with Gasteiger partial charge >= 0.3 is 0 Å². The summed E-state index contributed by atoms with van der Waals surface area (Å²) >= 11 is 3.01. The van der Waals surface area contributed by atoms with Crippen molar-refractivity contribution in [3.8, 4) is 10.6 Å². The average Bonchev–Trinajstić information content (AvgIpc) is 2.84. The van der Waals surface area contributed by atoms with Crippen molar-refractivity contribution in [2.45, 2.75) is 6.92 Å². The number of aryl methyl sites for hydroxylation is 1. The van der Waals surface area contributed by atoms with E-state index in [1.165, 1.54) is 22.7 Å². The Morgan fingerprint density at radius 3 is 2.93 bits per heavy atom. The van der Waals surface area contributed by atoms with Gasteiger partial charge in [0.15, 0.2) is 10.8 Å². The van der Waals surface area contributed by atoms with Crippen LogP contribution in [0.2, 0.25) is 0 Å². The van der Waals surface area contributed by atoms with Crippen LogP contribution in [0.3, 0.4) is 0 Å². The van der Waals surface area contributed by atoms with Crippen molar-refractivity contribution in [3.63, 3.8) is 0 Å². The van der Waals surface area contributed by atoms with E-state index in [4.69, 9.17) is 5.73 Å². The van der Waals surface area contributed by atoms with E-state index in [1.54, 1.807) is 4.52 Å². The molecule has 0 aliphatic carbocycles. The molecule has 3 heterocycles. The number of nitrogens with two attached hydrogens (primary N) is 1. The number of aromatic nitrogens is 4. The molecule has 3 rings (SSSR count). The molecule has 3 aromatic heterocycles. The van der Waals surface area contributed by atoms with Crippen molar-refractivity contribution in [2.75, 3.05) is 5.73 Å². The largest absolute Gasteiger partial charge is 0.390 e. The fraction of sp³-hybridized carbons (Fsp3) is 0.125. The number of hydrogen-bond acceptors (Lipinski definition) is 6. The third kappa shape index (κ3) is 1.24. The third-order valence-corrected chi connectivity index (χ3v) is 3.75. The topological polar surface area (TPSA) is 69.1 Å². The Morgan fingerprint density at radius 2 is 2.27 bits per heavy atom. The zero-order chi connectivity index (χ0) is 10.4. The van der Waals surface area contributed by atoms with Gasteiger partial charge < -0.3 is 5.73 Å². The zero-order valence-electron chi connectivity index (χ0n) is 7.84. The van der Waals surface area contributed by atoms with E-state index in [9.17, 15) is 0 Å². The van der Waals surface area contributed by atoms with E-state index in [2.05, 4.69) is 15.3 Å². The first-order valence-corrected chi connectivity index (χ1v) is 5.97. The summed E-state index contributed by atoms with van der Waals surface area (Å²) in [5.74, 6) is 0.793. The van der Waals surface area contributed by atoms with Crippen LogP contribution in [0.4, 0.5) is 5.00 Å². The van der Waals surface area contributed by atoms with Gasteiger partial charge in [0, 0.05) is 5.56 Å². The number of rotatable bonds is 1. The fourth-order valence-electron chi connectivity index (χ4n) is 1.32. The molecule has 0 aliphatic heterocycles. The highest BCUT2D eigenvalue weighted by Gasteiger charge is 2.12. The quantitative estimate of drug-likeness (QED) is 0.700. The maximum Gasteiger partial charge on any atom is 0.234 e. The highest BCUT2D eigenvalue weighted by atomic mass is 32.1. The SMILES string of the molecule is Cc1nnc2sc(-c3ccsc3N)nn12. The monoisotopic (exact) mass is 237 g/mol. The average molecular weight is 237 g/mol. The molecule has 3 aromatic rings. The van der Waals surface area contributed by atoms with Crippen LogP contribution in [0, 0.1) is 6.92 Å². The molecule has 0 aliphatic rings. The molecule has 0 unspecified atom stereocenters. The van der Waals surface area contributed by atoms with Crippen molar-refractivity contribution in [1.82, 2.24) is 19.8 Å². The standard InChI is InChI=1S/C8H7N5S2/c1-4-10-11-8-13(4)12-7(15-8)5-2-3-14-6(5)9/h2-3H,9H2,1H3. The summed E-state index contributed by atoms with van der Waals surface area (Å²) in [5, 5.41) is 16.0. The van der Waals surface area contributed by atoms with E-state index in [0.717, 1.165) is 26.4 Å². The van der Waals surface area contributed by atoms with Crippen LogP contribution < -0.4 is 5.73 Å². The van der Waals surface area contributed by atoms with E-state index in [0.29, 0.717) is 0 Å². The lowest BCUT2D eigenvalue weighted by Gasteiger charge is -1.90. The van der Waals surface area contributed by atoms with Gasteiger partial charge in [-0.1, -0.05) is 11.3 Å². The summed E-state index contributed by atoms with van der Waals surface area (Å²) in [7, 11) is 0. The Labute approximate surface area is 93.2 Å². The smallest absolute Gasteiger partial charge is 0.234 e. The molecule has 0 fully saturated rings. The third-order valence-electron chi connectivity index (χ3n) is 2.07. The molecule has 15 heavy (non-hydrogen) atoms. The van der Waals surface area contributed by atoms with Crippen molar-refractivity contribution in [1.29, 1.82) is 0 Å². The van der Waals surface area contributed by atoms with Gasteiger partial charge in [-0.15, -0.1) is 21.5 Å². The van der Waals surface area contributed by atoms with Crippen molar-refractivity contribution >= 4 is 32.6 Å². The van der Waals surface area contributed by atoms with E-state index >= 15 is 0 Å². The molecule has 0 spiro atoms. The predicted octanol–water partition coefficient (Wildman–Crippen LogP) is 1.80. The molecule has 0 amide bonds. The first kappa shape index (κ1) is 8.81. The molecule has 76 valence electrons.